The number of para-hydroxylation sites is 3. The first kappa shape index (κ1) is 23.1. The molecule has 0 aliphatic carbocycles. The number of hydrogen-bond acceptors (Lipinski definition) is 4. The topological polar surface area (TPSA) is 84.5 Å². The molecule has 3 aromatic rings. The molecule has 0 aliphatic heterocycles. The van der Waals surface area contributed by atoms with Crippen LogP contribution in [-0.4, -0.2) is 34.4 Å². The minimum absolute atomic E-state index is 0.0617. The van der Waals surface area contributed by atoms with Gasteiger partial charge in [-0.15, -0.1) is 0 Å². The molecule has 0 fully saturated rings. The zero-order chi connectivity index (χ0) is 23.3. The number of oxazole rings is 1. The number of benzene rings is 2. The number of nitrogens with one attached hydrogen (secondary N) is 1. The van der Waals surface area contributed by atoms with Crippen molar-refractivity contribution in [3.63, 3.8) is 0 Å². The summed E-state index contributed by atoms with van der Waals surface area (Å²) in [7, 11) is 0. The van der Waals surface area contributed by atoms with Gasteiger partial charge in [-0.25, -0.2) is 4.79 Å². The monoisotopic (exact) mass is 449 g/mol. The molecule has 0 spiro atoms. The van der Waals surface area contributed by atoms with Gasteiger partial charge in [0.2, 0.25) is 11.8 Å². The number of amides is 2. The Bertz CT molecular complexity index is 1170. The zero-order valence-corrected chi connectivity index (χ0v) is 17.3. The normalized spacial score (nSPS) is 11.5. The molecule has 10 heteroatoms. The van der Waals surface area contributed by atoms with Crippen molar-refractivity contribution in [2.75, 3.05) is 18.4 Å². The number of aryl methyl sites for hydroxylation is 1. The van der Waals surface area contributed by atoms with Crippen molar-refractivity contribution in [2.45, 2.75) is 32.5 Å². The predicted octanol–water partition coefficient (Wildman–Crippen LogP) is 3.88. The largest absolute Gasteiger partial charge is 0.419 e. The van der Waals surface area contributed by atoms with E-state index in [1.165, 1.54) is 21.6 Å². The Morgan fingerprint density at radius 2 is 1.78 bits per heavy atom. The van der Waals surface area contributed by atoms with E-state index in [0.29, 0.717) is 17.5 Å². The first-order chi connectivity index (χ1) is 15.2. The molecule has 7 nitrogen and oxygen atoms in total. The summed E-state index contributed by atoms with van der Waals surface area (Å²) in [6, 6.07) is 11.6. The second kappa shape index (κ2) is 9.71. The van der Waals surface area contributed by atoms with Gasteiger partial charge in [0.15, 0.2) is 5.58 Å². The van der Waals surface area contributed by atoms with Gasteiger partial charge in [-0.2, -0.15) is 13.2 Å². The molecule has 170 valence electrons. The lowest BCUT2D eigenvalue weighted by Gasteiger charge is -2.21. The average molecular weight is 449 g/mol. The maximum atomic E-state index is 13.1. The molecule has 0 saturated carbocycles. The predicted molar refractivity (Wildman–Crippen MR) is 112 cm³/mol. The molecule has 1 aromatic heterocycles. The number of fused-ring (bicyclic) bond motifs is 1. The average Bonchev–Trinajstić information content (AvgIpc) is 3.06. The van der Waals surface area contributed by atoms with E-state index in [0.717, 1.165) is 12.1 Å². The molecule has 1 N–H and O–H groups in total. The van der Waals surface area contributed by atoms with E-state index in [1.54, 1.807) is 31.2 Å². The minimum atomic E-state index is -4.61. The summed E-state index contributed by atoms with van der Waals surface area (Å²) in [5.74, 6) is -1.59. The van der Waals surface area contributed by atoms with Gasteiger partial charge in [-0.3, -0.25) is 14.2 Å². The van der Waals surface area contributed by atoms with Crippen LogP contribution >= 0.6 is 0 Å². The highest BCUT2D eigenvalue weighted by Crippen LogP contribution is 2.34. The third-order valence-electron chi connectivity index (χ3n) is 4.92. The minimum Gasteiger partial charge on any atom is -0.408 e. The highest BCUT2D eigenvalue weighted by Gasteiger charge is 2.33. The van der Waals surface area contributed by atoms with Gasteiger partial charge >= 0.3 is 11.9 Å². The number of nitrogens with zero attached hydrogens (tertiary/aromatic N) is 2. The van der Waals surface area contributed by atoms with Crippen molar-refractivity contribution >= 4 is 28.6 Å². The SMILES string of the molecule is CCN(CC(=O)Nc1ccccc1C(F)(F)F)C(=O)CCCn1c(=O)oc2ccccc21. The van der Waals surface area contributed by atoms with E-state index < -0.39 is 23.4 Å². The number of hydrogen-bond donors (Lipinski definition) is 1. The molecule has 0 atom stereocenters. The summed E-state index contributed by atoms with van der Waals surface area (Å²) >= 11 is 0. The third kappa shape index (κ3) is 5.37. The van der Waals surface area contributed by atoms with Crippen molar-refractivity contribution in [2.24, 2.45) is 0 Å². The Balaban J connectivity index is 1.57. The molecule has 3 rings (SSSR count). The summed E-state index contributed by atoms with van der Waals surface area (Å²) in [5, 5.41) is 2.23. The fraction of sp³-hybridized carbons (Fsp3) is 0.318. The molecular weight excluding hydrogens is 427 g/mol. The highest BCUT2D eigenvalue weighted by atomic mass is 19.4. The number of anilines is 1. The van der Waals surface area contributed by atoms with Gasteiger partial charge in [0.25, 0.3) is 0 Å². The molecule has 1 heterocycles. The molecule has 0 radical (unpaired) electrons. The van der Waals surface area contributed by atoms with E-state index in [2.05, 4.69) is 5.32 Å². The summed E-state index contributed by atoms with van der Waals surface area (Å²) in [6.07, 6.45) is -4.22. The molecule has 0 aliphatic rings. The quantitative estimate of drug-likeness (QED) is 0.566. The maximum Gasteiger partial charge on any atom is 0.419 e. The first-order valence-corrected chi connectivity index (χ1v) is 10.0. The molecule has 2 aromatic carbocycles. The van der Waals surface area contributed by atoms with Crippen LogP contribution < -0.4 is 11.1 Å². The Kier molecular flexibility index (Phi) is 7.01. The number of likely N-dealkylation sites (N-methyl/N-ethyl adjacent to an activating group) is 1. The van der Waals surface area contributed by atoms with Gasteiger partial charge in [-0.1, -0.05) is 24.3 Å². The summed E-state index contributed by atoms with van der Waals surface area (Å²) in [5.41, 5.74) is -0.241. The number of carbonyl (C=O) groups is 2. The van der Waals surface area contributed by atoms with E-state index in [1.807, 2.05) is 0 Å². The van der Waals surface area contributed by atoms with Crippen molar-refractivity contribution in [3.05, 3.63) is 64.6 Å². The van der Waals surface area contributed by atoms with Crippen molar-refractivity contribution < 1.29 is 27.2 Å². The van der Waals surface area contributed by atoms with Crippen LogP contribution in [0.4, 0.5) is 18.9 Å². The first-order valence-electron chi connectivity index (χ1n) is 10.0. The van der Waals surface area contributed by atoms with Crippen LogP contribution in [0.15, 0.2) is 57.7 Å². The summed E-state index contributed by atoms with van der Waals surface area (Å²) in [6.45, 7) is 1.76. The van der Waals surface area contributed by atoms with Gasteiger partial charge in [-0.05, 0) is 37.6 Å². The number of aromatic nitrogens is 1. The van der Waals surface area contributed by atoms with Crippen LogP contribution in [0, 0.1) is 0 Å². The van der Waals surface area contributed by atoms with Crippen molar-refractivity contribution in [3.8, 4) is 0 Å². The van der Waals surface area contributed by atoms with E-state index in [-0.39, 0.29) is 37.6 Å². The Labute approximate surface area is 181 Å². The number of halogens is 3. The van der Waals surface area contributed by atoms with Crippen molar-refractivity contribution in [1.29, 1.82) is 0 Å². The van der Waals surface area contributed by atoms with Crippen LogP contribution in [-0.2, 0) is 22.3 Å². The second-order valence-electron chi connectivity index (χ2n) is 7.09. The van der Waals surface area contributed by atoms with E-state index >= 15 is 0 Å². The zero-order valence-electron chi connectivity index (χ0n) is 17.3. The summed E-state index contributed by atoms with van der Waals surface area (Å²) in [4.78, 5) is 38.0. The molecule has 0 unspecified atom stereocenters. The highest BCUT2D eigenvalue weighted by molar-refractivity contribution is 5.95. The lowest BCUT2D eigenvalue weighted by atomic mass is 10.1. The number of rotatable bonds is 8. The van der Waals surface area contributed by atoms with Crippen molar-refractivity contribution in [1.82, 2.24) is 9.47 Å². The van der Waals surface area contributed by atoms with Gasteiger partial charge < -0.3 is 14.6 Å². The van der Waals surface area contributed by atoms with E-state index in [9.17, 15) is 27.6 Å². The lowest BCUT2D eigenvalue weighted by molar-refractivity contribution is -0.137. The van der Waals surface area contributed by atoms with Crippen LogP contribution in [0.2, 0.25) is 0 Å². The smallest absolute Gasteiger partial charge is 0.408 e. The Morgan fingerprint density at radius 3 is 2.50 bits per heavy atom. The van der Waals surface area contributed by atoms with Crippen LogP contribution in [0.25, 0.3) is 11.1 Å². The number of alkyl halides is 3. The molecule has 2 amide bonds. The standard InChI is InChI=1S/C22H22F3N3O4/c1-2-27(14-19(29)26-16-9-4-3-8-15(16)22(23,24)25)20(30)12-7-13-28-17-10-5-6-11-18(17)32-21(28)31/h3-6,8-11H,2,7,12-14H2,1H3,(H,26,29). The maximum absolute atomic E-state index is 13.1. The third-order valence-corrected chi connectivity index (χ3v) is 4.92. The summed E-state index contributed by atoms with van der Waals surface area (Å²) < 4.78 is 45.8. The van der Waals surface area contributed by atoms with Crippen LogP contribution in [0.3, 0.4) is 0 Å². The molecular formula is C22H22F3N3O4. The fourth-order valence-electron chi connectivity index (χ4n) is 3.35. The molecule has 0 bridgehead atoms. The second-order valence-corrected chi connectivity index (χ2v) is 7.09. The number of carbonyl (C=O) groups excluding carboxylic acids is 2. The fourth-order valence-corrected chi connectivity index (χ4v) is 3.35. The van der Waals surface area contributed by atoms with Gasteiger partial charge in [0.05, 0.1) is 23.3 Å². The van der Waals surface area contributed by atoms with E-state index in [4.69, 9.17) is 4.42 Å². The van der Waals surface area contributed by atoms with Crippen LogP contribution in [0.5, 0.6) is 0 Å². The molecule has 32 heavy (non-hydrogen) atoms. The Hall–Kier alpha value is -3.56. The van der Waals surface area contributed by atoms with Crippen LogP contribution in [0.1, 0.15) is 25.3 Å². The molecule has 0 saturated heterocycles. The van der Waals surface area contributed by atoms with Gasteiger partial charge in [0.1, 0.15) is 0 Å². The Morgan fingerprint density at radius 1 is 1.09 bits per heavy atom. The van der Waals surface area contributed by atoms with Gasteiger partial charge in [0, 0.05) is 19.5 Å². The lowest BCUT2D eigenvalue weighted by Crippen LogP contribution is -2.38.